The summed E-state index contributed by atoms with van der Waals surface area (Å²) in [4.78, 5) is 22.6. The van der Waals surface area contributed by atoms with Crippen LogP contribution in [0.3, 0.4) is 0 Å². The Hall–Kier alpha value is -0.860. The Labute approximate surface area is 77.4 Å². The van der Waals surface area contributed by atoms with Crippen LogP contribution >= 0.6 is 0 Å². The highest BCUT2D eigenvalue weighted by Crippen LogP contribution is 2.64. The van der Waals surface area contributed by atoms with E-state index in [1.54, 1.807) is 0 Å². The normalized spacial score (nSPS) is 46.2. The standard InChI is InChI=1S/C10H14O3/c1-8(2)9(3)4-5-10(8,6-11)13-7(9)12/h6H,4-5H2,1-3H3/t9-,10+/m0/s1. The van der Waals surface area contributed by atoms with E-state index in [1.165, 1.54) is 0 Å². The van der Waals surface area contributed by atoms with E-state index in [-0.39, 0.29) is 11.4 Å². The molecule has 2 aliphatic rings. The van der Waals surface area contributed by atoms with Crippen LogP contribution in [0, 0.1) is 10.8 Å². The van der Waals surface area contributed by atoms with Gasteiger partial charge < -0.3 is 4.74 Å². The number of carbonyl (C=O) groups excluding carboxylic acids is 2. The first-order valence-corrected chi connectivity index (χ1v) is 4.59. The van der Waals surface area contributed by atoms with Crippen molar-refractivity contribution in [3.63, 3.8) is 0 Å². The third-order valence-electron chi connectivity index (χ3n) is 4.35. The van der Waals surface area contributed by atoms with Crippen molar-refractivity contribution in [2.45, 2.75) is 39.2 Å². The Bertz CT molecular complexity index is 295. The molecule has 13 heavy (non-hydrogen) atoms. The van der Waals surface area contributed by atoms with E-state index in [4.69, 9.17) is 4.74 Å². The lowest BCUT2D eigenvalue weighted by Crippen LogP contribution is -2.42. The molecule has 0 unspecified atom stereocenters. The maximum Gasteiger partial charge on any atom is 0.313 e. The lowest BCUT2D eigenvalue weighted by Gasteiger charge is -2.32. The van der Waals surface area contributed by atoms with E-state index in [2.05, 4.69) is 0 Å². The van der Waals surface area contributed by atoms with Crippen molar-refractivity contribution in [2.75, 3.05) is 0 Å². The lowest BCUT2D eigenvalue weighted by atomic mass is 9.67. The van der Waals surface area contributed by atoms with Gasteiger partial charge in [-0.15, -0.1) is 0 Å². The number of hydrogen-bond acceptors (Lipinski definition) is 3. The molecule has 0 spiro atoms. The third-order valence-corrected chi connectivity index (χ3v) is 4.35. The zero-order chi connectivity index (χ0) is 9.91. The van der Waals surface area contributed by atoms with Gasteiger partial charge in [0.25, 0.3) is 0 Å². The second-order valence-corrected chi connectivity index (χ2v) is 4.85. The van der Waals surface area contributed by atoms with Crippen molar-refractivity contribution >= 4 is 12.3 Å². The minimum atomic E-state index is -0.848. The number of fused-ring (bicyclic) bond motifs is 2. The average Bonchev–Trinajstić information content (AvgIpc) is 2.34. The Kier molecular flexibility index (Phi) is 1.32. The quantitative estimate of drug-likeness (QED) is 0.453. The van der Waals surface area contributed by atoms with Crippen LogP contribution in [0.5, 0.6) is 0 Å². The zero-order valence-electron chi connectivity index (χ0n) is 8.22. The van der Waals surface area contributed by atoms with Crippen LogP contribution in [0.1, 0.15) is 33.6 Å². The van der Waals surface area contributed by atoms with Crippen molar-refractivity contribution in [1.82, 2.24) is 0 Å². The van der Waals surface area contributed by atoms with E-state index in [9.17, 15) is 9.59 Å². The molecule has 1 aliphatic heterocycles. The molecule has 72 valence electrons. The van der Waals surface area contributed by atoms with Crippen LogP contribution in [0.4, 0.5) is 0 Å². The first-order chi connectivity index (χ1) is 5.90. The fourth-order valence-corrected chi connectivity index (χ4v) is 2.57. The van der Waals surface area contributed by atoms with E-state index >= 15 is 0 Å². The molecule has 0 amide bonds. The molecule has 1 aliphatic carbocycles. The molecule has 0 radical (unpaired) electrons. The fourth-order valence-electron chi connectivity index (χ4n) is 2.57. The second kappa shape index (κ2) is 1.97. The number of rotatable bonds is 1. The summed E-state index contributed by atoms with van der Waals surface area (Å²) < 4.78 is 5.21. The third kappa shape index (κ3) is 0.640. The summed E-state index contributed by atoms with van der Waals surface area (Å²) in [5, 5.41) is 0. The topological polar surface area (TPSA) is 43.4 Å². The molecule has 1 heterocycles. The van der Waals surface area contributed by atoms with Gasteiger partial charge in [0.1, 0.15) is 0 Å². The van der Waals surface area contributed by atoms with Crippen LogP contribution in [-0.4, -0.2) is 17.9 Å². The van der Waals surface area contributed by atoms with Crippen molar-refractivity contribution in [1.29, 1.82) is 0 Å². The summed E-state index contributed by atoms with van der Waals surface area (Å²) in [6.45, 7) is 5.78. The van der Waals surface area contributed by atoms with Crippen LogP contribution in [-0.2, 0) is 14.3 Å². The molecule has 2 atom stereocenters. The number of esters is 1. The first kappa shape index (κ1) is 8.73. The monoisotopic (exact) mass is 182 g/mol. The summed E-state index contributed by atoms with van der Waals surface area (Å²) in [7, 11) is 0. The van der Waals surface area contributed by atoms with Gasteiger partial charge in [0.05, 0.1) is 5.41 Å². The van der Waals surface area contributed by atoms with Crippen molar-refractivity contribution in [3.05, 3.63) is 0 Å². The van der Waals surface area contributed by atoms with Gasteiger partial charge >= 0.3 is 5.97 Å². The molecule has 0 N–H and O–H groups in total. The minimum Gasteiger partial charge on any atom is -0.450 e. The molecule has 1 saturated carbocycles. The van der Waals surface area contributed by atoms with Crippen LogP contribution < -0.4 is 0 Å². The predicted octanol–water partition coefficient (Wildman–Crippen LogP) is 1.31. The summed E-state index contributed by atoms with van der Waals surface area (Å²) in [5.41, 5.74) is -1.68. The summed E-state index contributed by atoms with van der Waals surface area (Å²) in [6, 6.07) is 0. The van der Waals surface area contributed by atoms with E-state index in [1.807, 2.05) is 20.8 Å². The van der Waals surface area contributed by atoms with Crippen LogP contribution in [0.15, 0.2) is 0 Å². The molecule has 2 rings (SSSR count). The van der Waals surface area contributed by atoms with E-state index < -0.39 is 11.0 Å². The van der Waals surface area contributed by atoms with Gasteiger partial charge in [-0.25, -0.2) is 0 Å². The largest absolute Gasteiger partial charge is 0.450 e. The van der Waals surface area contributed by atoms with Gasteiger partial charge in [-0.05, 0) is 19.8 Å². The summed E-state index contributed by atoms with van der Waals surface area (Å²) in [6.07, 6.45) is 2.24. The van der Waals surface area contributed by atoms with Crippen molar-refractivity contribution in [2.24, 2.45) is 10.8 Å². The van der Waals surface area contributed by atoms with E-state index in [0.29, 0.717) is 6.42 Å². The number of carbonyl (C=O) groups is 2. The molecule has 0 aromatic carbocycles. The maximum absolute atomic E-state index is 11.6. The minimum absolute atomic E-state index is 0.212. The molecule has 3 nitrogen and oxygen atoms in total. The highest BCUT2D eigenvalue weighted by Gasteiger charge is 2.72. The molecule has 1 saturated heterocycles. The lowest BCUT2D eigenvalue weighted by molar-refractivity contribution is -0.162. The number of ether oxygens (including phenoxy) is 1. The molecule has 0 aromatic rings. The number of hydrogen-bond donors (Lipinski definition) is 0. The van der Waals surface area contributed by atoms with Gasteiger partial charge in [-0.3, -0.25) is 9.59 Å². The average molecular weight is 182 g/mol. The second-order valence-electron chi connectivity index (χ2n) is 4.85. The Morgan fingerprint density at radius 1 is 1.31 bits per heavy atom. The molecular weight excluding hydrogens is 168 g/mol. The molecule has 2 bridgehead atoms. The molecular formula is C10H14O3. The molecule has 2 fully saturated rings. The zero-order valence-corrected chi connectivity index (χ0v) is 8.22. The van der Waals surface area contributed by atoms with Crippen molar-refractivity contribution in [3.8, 4) is 0 Å². The van der Waals surface area contributed by atoms with Gasteiger partial charge in [0.2, 0.25) is 0 Å². The number of aldehydes is 1. The van der Waals surface area contributed by atoms with Gasteiger partial charge in [0, 0.05) is 5.41 Å². The van der Waals surface area contributed by atoms with Gasteiger partial charge in [0.15, 0.2) is 11.9 Å². The Morgan fingerprint density at radius 2 is 1.92 bits per heavy atom. The molecule has 3 heteroatoms. The smallest absolute Gasteiger partial charge is 0.313 e. The van der Waals surface area contributed by atoms with Crippen LogP contribution in [0.25, 0.3) is 0 Å². The SMILES string of the molecule is CC1(C)[C@@]2(C)CC[C@]1(C=O)OC2=O. The van der Waals surface area contributed by atoms with Crippen LogP contribution in [0.2, 0.25) is 0 Å². The maximum atomic E-state index is 11.6. The predicted molar refractivity (Wildman–Crippen MR) is 46.0 cm³/mol. The Balaban J connectivity index is 2.59. The molecule has 0 aromatic heterocycles. The highest BCUT2D eigenvalue weighted by molar-refractivity contribution is 5.88. The first-order valence-electron chi connectivity index (χ1n) is 4.59. The summed E-state index contributed by atoms with van der Waals surface area (Å²) >= 11 is 0. The van der Waals surface area contributed by atoms with Gasteiger partial charge in [-0.2, -0.15) is 0 Å². The fraction of sp³-hybridized carbons (Fsp3) is 0.800. The summed E-state index contributed by atoms with van der Waals surface area (Å²) in [5.74, 6) is -0.212. The highest BCUT2D eigenvalue weighted by atomic mass is 16.6. The van der Waals surface area contributed by atoms with E-state index in [0.717, 1.165) is 12.7 Å². The Morgan fingerprint density at radius 3 is 2.15 bits per heavy atom. The van der Waals surface area contributed by atoms with Gasteiger partial charge in [-0.1, -0.05) is 13.8 Å². The van der Waals surface area contributed by atoms with Crippen molar-refractivity contribution < 1.29 is 14.3 Å².